The quantitative estimate of drug-likeness (QED) is 0.823. The third kappa shape index (κ3) is 3.67. The van der Waals surface area contributed by atoms with Crippen molar-refractivity contribution >= 4 is 5.97 Å². The lowest BCUT2D eigenvalue weighted by Gasteiger charge is -2.19. The lowest BCUT2D eigenvalue weighted by Crippen LogP contribution is -2.40. The van der Waals surface area contributed by atoms with Gasteiger partial charge in [-0.3, -0.25) is 15.1 Å². The fraction of sp³-hybridized carbons (Fsp3) is 0.571. The molecule has 0 radical (unpaired) electrons. The van der Waals surface area contributed by atoms with E-state index in [1.807, 2.05) is 27.7 Å². The predicted octanol–water partition coefficient (Wildman–Crippen LogP) is 1.91. The van der Waals surface area contributed by atoms with Crippen LogP contribution in [-0.2, 0) is 11.3 Å². The number of carboxylic acids is 1. The molecule has 0 saturated carbocycles. The number of rotatable bonds is 6. The molecule has 1 unspecified atom stereocenters. The van der Waals surface area contributed by atoms with E-state index in [-0.39, 0.29) is 5.92 Å². The Hall–Kier alpha value is -1.62. The highest BCUT2D eigenvalue weighted by Crippen LogP contribution is 2.23. The molecule has 2 N–H and O–H groups in total. The smallest absolute Gasteiger partial charge is 0.320 e. The van der Waals surface area contributed by atoms with Crippen LogP contribution < -0.4 is 10.1 Å². The molecular formula is C14H22N2O3. The number of methoxy groups -OCH3 is 1. The first-order chi connectivity index (χ1) is 8.88. The number of carbonyl (C=O) groups is 1. The summed E-state index contributed by atoms with van der Waals surface area (Å²) in [6, 6.07) is -0.575. The summed E-state index contributed by atoms with van der Waals surface area (Å²) in [5.74, 6) is -0.0138. The van der Waals surface area contributed by atoms with Gasteiger partial charge in [-0.1, -0.05) is 13.8 Å². The van der Waals surface area contributed by atoms with Crippen molar-refractivity contribution in [2.75, 3.05) is 7.11 Å². The molecule has 0 amide bonds. The van der Waals surface area contributed by atoms with Crippen LogP contribution in [0.1, 0.15) is 30.7 Å². The van der Waals surface area contributed by atoms with Gasteiger partial charge >= 0.3 is 5.97 Å². The maximum absolute atomic E-state index is 11.1. The van der Waals surface area contributed by atoms with Gasteiger partial charge in [0.1, 0.15) is 11.8 Å². The largest absolute Gasteiger partial charge is 0.496 e. The number of carboxylic acid groups (broad SMARTS) is 1. The lowest BCUT2D eigenvalue weighted by molar-refractivity contribution is -0.140. The summed E-state index contributed by atoms with van der Waals surface area (Å²) in [5.41, 5.74) is 2.74. The summed E-state index contributed by atoms with van der Waals surface area (Å²) in [7, 11) is 1.63. The zero-order chi connectivity index (χ0) is 14.6. The molecule has 0 aliphatic rings. The highest BCUT2D eigenvalue weighted by Gasteiger charge is 2.21. The maximum atomic E-state index is 11.1. The van der Waals surface area contributed by atoms with Gasteiger partial charge in [-0.15, -0.1) is 0 Å². The van der Waals surface area contributed by atoms with Gasteiger partial charge in [0.2, 0.25) is 0 Å². The fourth-order valence-corrected chi connectivity index (χ4v) is 2.06. The number of nitrogens with one attached hydrogen (secondary N) is 1. The van der Waals surface area contributed by atoms with E-state index in [9.17, 15) is 4.79 Å². The molecule has 0 aliphatic heterocycles. The van der Waals surface area contributed by atoms with E-state index in [0.717, 1.165) is 22.6 Å². The molecule has 1 rings (SSSR count). The summed E-state index contributed by atoms with van der Waals surface area (Å²) in [6.45, 7) is 8.03. The van der Waals surface area contributed by atoms with Gasteiger partial charge in [0.15, 0.2) is 0 Å². The average molecular weight is 266 g/mol. The van der Waals surface area contributed by atoms with Gasteiger partial charge in [-0.2, -0.15) is 0 Å². The minimum Gasteiger partial charge on any atom is -0.496 e. The van der Waals surface area contributed by atoms with Crippen molar-refractivity contribution < 1.29 is 14.6 Å². The molecule has 1 aromatic rings. The lowest BCUT2D eigenvalue weighted by atomic mass is 10.0. The van der Waals surface area contributed by atoms with Crippen LogP contribution in [0.3, 0.4) is 0 Å². The Morgan fingerprint density at radius 2 is 2.11 bits per heavy atom. The van der Waals surface area contributed by atoms with E-state index in [1.165, 1.54) is 0 Å². The molecule has 5 heteroatoms. The summed E-state index contributed by atoms with van der Waals surface area (Å²) in [4.78, 5) is 15.5. The molecule has 19 heavy (non-hydrogen) atoms. The van der Waals surface area contributed by atoms with Crippen LogP contribution in [0.2, 0.25) is 0 Å². The van der Waals surface area contributed by atoms with Crippen molar-refractivity contribution in [1.29, 1.82) is 0 Å². The van der Waals surface area contributed by atoms with Crippen LogP contribution in [0.4, 0.5) is 0 Å². The predicted molar refractivity (Wildman–Crippen MR) is 73.4 cm³/mol. The molecule has 106 valence electrons. The average Bonchev–Trinajstić information content (AvgIpc) is 2.31. The monoisotopic (exact) mass is 266 g/mol. The summed E-state index contributed by atoms with van der Waals surface area (Å²) >= 11 is 0. The molecule has 1 heterocycles. The number of nitrogens with zero attached hydrogens (tertiary/aromatic N) is 1. The second-order valence-electron chi connectivity index (χ2n) is 4.99. The summed E-state index contributed by atoms with van der Waals surface area (Å²) in [5, 5.41) is 12.2. The third-order valence-corrected chi connectivity index (χ3v) is 3.17. The van der Waals surface area contributed by atoms with Crippen LogP contribution in [0.15, 0.2) is 6.20 Å². The second kappa shape index (κ2) is 6.52. The summed E-state index contributed by atoms with van der Waals surface area (Å²) < 4.78 is 5.33. The Kier molecular flexibility index (Phi) is 5.30. The van der Waals surface area contributed by atoms with E-state index in [4.69, 9.17) is 9.84 Å². The number of aliphatic carboxylic acids is 1. The van der Waals surface area contributed by atoms with Crippen LogP contribution in [0.25, 0.3) is 0 Å². The maximum Gasteiger partial charge on any atom is 0.320 e. The first kappa shape index (κ1) is 15.4. The van der Waals surface area contributed by atoms with Gasteiger partial charge in [0.05, 0.1) is 12.8 Å². The molecule has 5 nitrogen and oxygen atoms in total. The van der Waals surface area contributed by atoms with Crippen molar-refractivity contribution in [1.82, 2.24) is 10.3 Å². The normalized spacial score (nSPS) is 12.5. The Labute approximate surface area is 114 Å². The Morgan fingerprint density at radius 1 is 1.47 bits per heavy atom. The van der Waals surface area contributed by atoms with Crippen LogP contribution in [0, 0.1) is 19.8 Å². The van der Waals surface area contributed by atoms with Gasteiger partial charge in [0, 0.05) is 23.9 Å². The first-order valence-electron chi connectivity index (χ1n) is 6.33. The van der Waals surface area contributed by atoms with Crippen LogP contribution in [0.5, 0.6) is 5.75 Å². The number of hydrogen-bond acceptors (Lipinski definition) is 4. The van der Waals surface area contributed by atoms with Crippen molar-refractivity contribution in [3.8, 4) is 5.75 Å². The van der Waals surface area contributed by atoms with Crippen molar-refractivity contribution in [3.05, 3.63) is 23.0 Å². The minimum atomic E-state index is -0.841. The molecule has 0 fully saturated rings. The number of hydrogen-bond donors (Lipinski definition) is 2. The van der Waals surface area contributed by atoms with E-state index >= 15 is 0 Å². The van der Waals surface area contributed by atoms with Gasteiger partial charge in [0.25, 0.3) is 0 Å². The molecule has 0 spiro atoms. The highest BCUT2D eigenvalue weighted by atomic mass is 16.5. The first-order valence-corrected chi connectivity index (χ1v) is 6.33. The van der Waals surface area contributed by atoms with Crippen LogP contribution >= 0.6 is 0 Å². The molecule has 0 bridgehead atoms. The molecule has 1 aromatic heterocycles. The Balaban J connectivity index is 2.86. The van der Waals surface area contributed by atoms with Crippen molar-refractivity contribution in [2.45, 2.75) is 40.3 Å². The SMILES string of the molecule is COc1c(C)cnc(CNC(C(=O)O)C(C)C)c1C. The third-order valence-electron chi connectivity index (χ3n) is 3.17. The van der Waals surface area contributed by atoms with E-state index in [2.05, 4.69) is 10.3 Å². The topological polar surface area (TPSA) is 71.5 Å². The molecule has 0 aromatic carbocycles. The minimum absolute atomic E-state index is 0.0187. The van der Waals surface area contributed by atoms with Crippen LogP contribution in [-0.4, -0.2) is 29.2 Å². The Bertz CT molecular complexity index is 458. The second-order valence-corrected chi connectivity index (χ2v) is 4.99. The van der Waals surface area contributed by atoms with E-state index < -0.39 is 12.0 Å². The standard InChI is InChI=1S/C14H22N2O3/c1-8(2)12(14(17)18)16-7-11-10(4)13(19-5)9(3)6-15-11/h6,8,12,16H,7H2,1-5H3,(H,17,18). The fourth-order valence-electron chi connectivity index (χ4n) is 2.06. The molecule has 0 saturated heterocycles. The van der Waals surface area contributed by atoms with Gasteiger partial charge in [-0.25, -0.2) is 0 Å². The number of aromatic nitrogens is 1. The number of pyridine rings is 1. The number of ether oxygens (including phenoxy) is 1. The molecule has 1 atom stereocenters. The van der Waals surface area contributed by atoms with Crippen molar-refractivity contribution in [3.63, 3.8) is 0 Å². The van der Waals surface area contributed by atoms with E-state index in [1.54, 1.807) is 13.3 Å². The summed E-state index contributed by atoms with van der Waals surface area (Å²) in [6.07, 6.45) is 1.74. The zero-order valence-electron chi connectivity index (χ0n) is 12.2. The van der Waals surface area contributed by atoms with Gasteiger partial charge < -0.3 is 9.84 Å². The number of aryl methyl sites for hydroxylation is 1. The molecular weight excluding hydrogens is 244 g/mol. The zero-order valence-corrected chi connectivity index (χ0v) is 12.2. The van der Waals surface area contributed by atoms with E-state index in [0.29, 0.717) is 6.54 Å². The molecule has 0 aliphatic carbocycles. The van der Waals surface area contributed by atoms with Gasteiger partial charge in [-0.05, 0) is 19.8 Å². The highest BCUT2D eigenvalue weighted by molar-refractivity contribution is 5.73. The Morgan fingerprint density at radius 3 is 2.58 bits per heavy atom. The van der Waals surface area contributed by atoms with Crippen molar-refractivity contribution in [2.24, 2.45) is 5.92 Å².